The maximum Gasteiger partial charge on any atom is 0.0794 e. The van der Waals surface area contributed by atoms with E-state index in [9.17, 15) is 0 Å². The van der Waals surface area contributed by atoms with Crippen molar-refractivity contribution in [1.29, 1.82) is 0 Å². The van der Waals surface area contributed by atoms with E-state index in [1.807, 2.05) is 23.5 Å². The van der Waals surface area contributed by atoms with Crippen LogP contribution < -0.4 is 4.90 Å². The minimum absolute atomic E-state index is 1.00. The van der Waals surface area contributed by atoms with Gasteiger partial charge in [0.25, 0.3) is 0 Å². The summed E-state index contributed by atoms with van der Waals surface area (Å²) in [5.74, 6) is 0. The van der Waals surface area contributed by atoms with Crippen molar-refractivity contribution in [2.75, 3.05) is 4.90 Å². The number of pyridine rings is 1. The molecule has 0 amide bonds. The van der Waals surface area contributed by atoms with Gasteiger partial charge in [-0.3, -0.25) is 0 Å². The van der Waals surface area contributed by atoms with Crippen molar-refractivity contribution in [3.05, 3.63) is 170 Å². The second-order valence-electron chi connectivity index (χ2n) is 12.1. The number of anilines is 3. The predicted octanol–water partition coefficient (Wildman–Crippen LogP) is 13.3. The van der Waals surface area contributed by atoms with Gasteiger partial charge in [-0.15, -0.1) is 11.3 Å². The van der Waals surface area contributed by atoms with E-state index >= 15 is 0 Å². The van der Waals surface area contributed by atoms with Crippen molar-refractivity contribution in [2.45, 2.75) is 0 Å². The minimum atomic E-state index is 1.00. The Morgan fingerprint density at radius 2 is 1.19 bits per heavy atom. The van der Waals surface area contributed by atoms with Gasteiger partial charge in [0.2, 0.25) is 0 Å². The highest BCUT2D eigenvalue weighted by Gasteiger charge is 2.19. The zero-order chi connectivity index (χ0) is 32.2. The van der Waals surface area contributed by atoms with Gasteiger partial charge in [-0.05, 0) is 81.9 Å². The fourth-order valence-corrected chi connectivity index (χ4v) is 8.18. The smallest absolute Gasteiger partial charge is 0.0794 e. The Labute approximate surface area is 283 Å². The molecule has 0 N–H and O–H groups in total. The van der Waals surface area contributed by atoms with Gasteiger partial charge in [0.1, 0.15) is 0 Å². The van der Waals surface area contributed by atoms with Crippen LogP contribution in [0, 0.1) is 0 Å². The number of benzene rings is 7. The van der Waals surface area contributed by atoms with E-state index in [0.717, 1.165) is 45.0 Å². The predicted molar refractivity (Wildman–Crippen MR) is 210 cm³/mol. The molecular weight excluding hydrogens is 601 g/mol. The summed E-state index contributed by atoms with van der Waals surface area (Å²) in [6, 6.07) is 52.2. The second-order valence-corrected chi connectivity index (χ2v) is 13.2. The highest BCUT2D eigenvalue weighted by Crippen LogP contribution is 2.44. The first-order valence-corrected chi connectivity index (χ1v) is 16.9. The summed E-state index contributed by atoms with van der Waals surface area (Å²) in [5, 5.41) is 8.58. The van der Waals surface area contributed by atoms with E-state index in [1.54, 1.807) is 0 Å². The fourth-order valence-electron chi connectivity index (χ4n) is 7.07. The van der Waals surface area contributed by atoms with Crippen LogP contribution >= 0.6 is 11.3 Å². The van der Waals surface area contributed by atoms with E-state index in [4.69, 9.17) is 4.98 Å². The molecule has 9 aromatic rings. The lowest BCUT2D eigenvalue weighted by atomic mass is 9.96. The summed E-state index contributed by atoms with van der Waals surface area (Å²) >= 11 is 1.85. The monoisotopic (exact) mass is 630 g/mol. The third-order valence-electron chi connectivity index (χ3n) is 9.37. The number of fused-ring (bicyclic) bond motifs is 8. The van der Waals surface area contributed by atoms with Crippen molar-refractivity contribution in [1.82, 2.24) is 4.98 Å². The van der Waals surface area contributed by atoms with Crippen molar-refractivity contribution in [3.8, 4) is 11.3 Å². The van der Waals surface area contributed by atoms with Gasteiger partial charge >= 0.3 is 0 Å². The Balaban J connectivity index is 1.26. The number of aromatic nitrogens is 1. The number of nitrogens with zero attached hydrogens (tertiary/aromatic N) is 2. The molecule has 2 nitrogen and oxygen atoms in total. The van der Waals surface area contributed by atoms with Gasteiger partial charge in [0.05, 0.1) is 11.2 Å². The lowest BCUT2D eigenvalue weighted by Gasteiger charge is -2.27. The van der Waals surface area contributed by atoms with Crippen LogP contribution in [0.15, 0.2) is 159 Å². The summed E-state index contributed by atoms with van der Waals surface area (Å²) in [5.41, 5.74) is 8.40. The zero-order valence-electron chi connectivity index (χ0n) is 26.2. The number of rotatable bonds is 6. The molecule has 0 spiro atoms. The molecule has 9 rings (SSSR count). The van der Waals surface area contributed by atoms with E-state index in [1.165, 1.54) is 47.1 Å². The molecule has 0 saturated heterocycles. The molecule has 0 atom stereocenters. The summed E-state index contributed by atoms with van der Waals surface area (Å²) in [6.07, 6.45) is 3.78. The Morgan fingerprint density at radius 3 is 2.02 bits per heavy atom. The first-order chi connectivity index (χ1) is 23.7. The molecule has 0 aliphatic rings. The fraction of sp³-hybridized carbons (Fsp3) is 0. The second kappa shape index (κ2) is 11.3. The van der Waals surface area contributed by atoms with E-state index < -0.39 is 0 Å². The van der Waals surface area contributed by atoms with Crippen molar-refractivity contribution < 1.29 is 0 Å². The summed E-state index contributed by atoms with van der Waals surface area (Å²) < 4.78 is 2.57. The molecule has 7 aromatic carbocycles. The quantitative estimate of drug-likeness (QED) is 0.170. The molecule has 0 bridgehead atoms. The van der Waals surface area contributed by atoms with Crippen LogP contribution in [0.25, 0.3) is 76.0 Å². The molecule has 48 heavy (non-hydrogen) atoms. The molecule has 226 valence electrons. The Morgan fingerprint density at radius 1 is 0.500 bits per heavy atom. The molecule has 0 aliphatic heterocycles. The molecular formula is C45H30N2S. The average molecular weight is 631 g/mol. The summed E-state index contributed by atoms with van der Waals surface area (Å²) in [4.78, 5) is 7.66. The molecule has 0 saturated carbocycles. The van der Waals surface area contributed by atoms with Crippen LogP contribution in [0.4, 0.5) is 17.1 Å². The SMILES string of the molecule is C=Cc1ccc(N(c2ccc(-c3nc4ccccc4c4ccc5sc6ccccc6c5c34)cc2)c2ccc3ccccc3c2)cc1C=C. The lowest BCUT2D eigenvalue weighted by Crippen LogP contribution is -2.10. The first-order valence-electron chi connectivity index (χ1n) is 16.1. The standard InChI is InChI=1S/C45H30N2S/c1-3-29-17-23-35(27-30(29)4-2)47(36-24-18-31-11-5-6-12-33(31)28-36)34-21-19-32(20-22-34)45-44-38(37-13-7-9-15-40(37)46-45)25-26-42-43(44)39-14-8-10-16-41(39)48-42/h3-28H,1-2H2. The average Bonchev–Trinajstić information content (AvgIpc) is 3.54. The third kappa shape index (κ3) is 4.51. The molecule has 0 aliphatic carbocycles. The number of thiophene rings is 1. The Hall–Kier alpha value is -6.03. The maximum atomic E-state index is 5.35. The van der Waals surface area contributed by atoms with Crippen LogP contribution in [-0.2, 0) is 0 Å². The number of hydrogen-bond donors (Lipinski definition) is 0. The zero-order valence-corrected chi connectivity index (χ0v) is 27.0. The van der Waals surface area contributed by atoms with Crippen LogP contribution in [0.2, 0.25) is 0 Å². The van der Waals surface area contributed by atoms with Crippen LogP contribution in [0.3, 0.4) is 0 Å². The third-order valence-corrected chi connectivity index (χ3v) is 10.5. The summed E-state index contributed by atoms with van der Waals surface area (Å²) in [6.45, 7) is 8.09. The highest BCUT2D eigenvalue weighted by atomic mass is 32.1. The van der Waals surface area contributed by atoms with Gasteiger partial charge in [-0.2, -0.15) is 0 Å². The Bertz CT molecular complexity index is 2720. The normalized spacial score (nSPS) is 11.5. The van der Waals surface area contributed by atoms with Crippen LogP contribution in [0.1, 0.15) is 11.1 Å². The Kier molecular flexibility index (Phi) is 6.67. The summed E-state index contributed by atoms with van der Waals surface area (Å²) in [7, 11) is 0. The number of para-hydroxylation sites is 1. The highest BCUT2D eigenvalue weighted by molar-refractivity contribution is 7.26. The molecule has 0 unspecified atom stereocenters. The molecule has 3 heteroatoms. The lowest BCUT2D eigenvalue weighted by molar-refractivity contribution is 1.28. The van der Waals surface area contributed by atoms with E-state index in [2.05, 4.69) is 164 Å². The van der Waals surface area contributed by atoms with Gasteiger partial charge in [-0.25, -0.2) is 4.98 Å². The van der Waals surface area contributed by atoms with Gasteiger partial charge in [0.15, 0.2) is 0 Å². The molecule has 2 heterocycles. The van der Waals surface area contributed by atoms with Crippen molar-refractivity contribution in [3.63, 3.8) is 0 Å². The van der Waals surface area contributed by atoms with Gasteiger partial charge in [0, 0.05) is 53.6 Å². The first kappa shape index (κ1) is 28.2. The van der Waals surface area contributed by atoms with Crippen LogP contribution in [-0.4, -0.2) is 4.98 Å². The molecule has 0 fully saturated rings. The van der Waals surface area contributed by atoms with Crippen molar-refractivity contribution in [2.24, 2.45) is 0 Å². The van der Waals surface area contributed by atoms with Gasteiger partial charge < -0.3 is 4.90 Å². The van der Waals surface area contributed by atoms with E-state index in [0.29, 0.717) is 0 Å². The topological polar surface area (TPSA) is 16.1 Å². The van der Waals surface area contributed by atoms with Crippen molar-refractivity contribution >= 4 is 93.2 Å². The largest absolute Gasteiger partial charge is 0.310 e. The molecule has 0 radical (unpaired) electrons. The van der Waals surface area contributed by atoms with Crippen LogP contribution in [0.5, 0.6) is 0 Å². The maximum absolute atomic E-state index is 5.35. The molecule has 2 aromatic heterocycles. The minimum Gasteiger partial charge on any atom is -0.310 e. The van der Waals surface area contributed by atoms with E-state index in [-0.39, 0.29) is 0 Å². The van der Waals surface area contributed by atoms with Gasteiger partial charge in [-0.1, -0.05) is 116 Å². The number of hydrogen-bond acceptors (Lipinski definition) is 3.